The van der Waals surface area contributed by atoms with Crippen LogP contribution in [0.5, 0.6) is 0 Å². The van der Waals surface area contributed by atoms with E-state index in [2.05, 4.69) is 48.9 Å². The minimum atomic E-state index is 0.111. The first kappa shape index (κ1) is 11.6. The Labute approximate surface area is 98.2 Å². The van der Waals surface area contributed by atoms with Crippen molar-refractivity contribution in [1.29, 1.82) is 0 Å². The first-order chi connectivity index (χ1) is 7.47. The first-order valence-corrected chi connectivity index (χ1v) is 6.39. The van der Waals surface area contributed by atoms with Crippen molar-refractivity contribution in [1.82, 2.24) is 15.0 Å². The minimum Gasteiger partial charge on any atom is -0.249 e. The predicted molar refractivity (Wildman–Crippen MR) is 65.4 cm³/mol. The Morgan fingerprint density at radius 3 is 2.31 bits per heavy atom. The van der Waals surface area contributed by atoms with Crippen LogP contribution in [-0.4, -0.2) is 15.0 Å². The summed E-state index contributed by atoms with van der Waals surface area (Å²) in [5, 5.41) is 8.59. The maximum Gasteiger partial charge on any atom is 0.0880 e. The molecule has 2 rings (SSSR count). The predicted octanol–water partition coefficient (Wildman–Crippen LogP) is 3.33. The summed E-state index contributed by atoms with van der Waals surface area (Å²) in [5.74, 6) is 0.891. The highest BCUT2D eigenvalue weighted by molar-refractivity contribution is 5.06. The summed E-state index contributed by atoms with van der Waals surface area (Å²) in [6, 6.07) is 0.583. The first-order valence-electron chi connectivity index (χ1n) is 6.39. The van der Waals surface area contributed by atoms with Gasteiger partial charge < -0.3 is 0 Å². The summed E-state index contributed by atoms with van der Waals surface area (Å²) in [7, 11) is 0. The van der Waals surface area contributed by atoms with Gasteiger partial charge in [-0.3, -0.25) is 0 Å². The lowest BCUT2D eigenvalue weighted by Crippen LogP contribution is -2.17. The average Bonchev–Trinajstić information content (AvgIpc) is 2.67. The van der Waals surface area contributed by atoms with Gasteiger partial charge in [-0.15, -0.1) is 5.10 Å². The Morgan fingerprint density at radius 2 is 1.81 bits per heavy atom. The monoisotopic (exact) mass is 221 g/mol. The van der Waals surface area contributed by atoms with E-state index in [4.69, 9.17) is 0 Å². The molecule has 0 saturated heterocycles. The largest absolute Gasteiger partial charge is 0.249 e. The van der Waals surface area contributed by atoms with Gasteiger partial charge in [0.1, 0.15) is 0 Å². The summed E-state index contributed by atoms with van der Waals surface area (Å²) in [6.07, 6.45) is 7.31. The van der Waals surface area contributed by atoms with Crippen molar-refractivity contribution in [3.8, 4) is 0 Å². The van der Waals surface area contributed by atoms with Crippen LogP contribution in [0.4, 0.5) is 0 Å². The molecule has 1 saturated carbocycles. The third kappa shape index (κ3) is 2.45. The number of rotatable bonds is 1. The molecule has 1 aromatic heterocycles. The van der Waals surface area contributed by atoms with Gasteiger partial charge >= 0.3 is 0 Å². The van der Waals surface area contributed by atoms with E-state index in [1.807, 2.05) is 0 Å². The van der Waals surface area contributed by atoms with Crippen molar-refractivity contribution in [2.45, 2.75) is 64.8 Å². The van der Waals surface area contributed by atoms with E-state index in [0.29, 0.717) is 6.04 Å². The maximum absolute atomic E-state index is 4.30. The topological polar surface area (TPSA) is 30.7 Å². The van der Waals surface area contributed by atoms with Gasteiger partial charge in [0.15, 0.2) is 0 Å². The molecular formula is C13H23N3. The molecule has 1 aromatic rings. The zero-order chi connectivity index (χ0) is 11.8. The van der Waals surface area contributed by atoms with E-state index >= 15 is 0 Å². The fourth-order valence-electron chi connectivity index (χ4n) is 2.31. The molecule has 0 atom stereocenters. The van der Waals surface area contributed by atoms with Crippen LogP contribution in [0.25, 0.3) is 0 Å². The molecule has 1 aliphatic carbocycles. The molecule has 0 spiro atoms. The maximum atomic E-state index is 4.30. The third-order valence-electron chi connectivity index (χ3n) is 3.64. The molecule has 3 nitrogen and oxygen atoms in total. The van der Waals surface area contributed by atoms with Gasteiger partial charge in [0.25, 0.3) is 0 Å². The highest BCUT2D eigenvalue weighted by Gasteiger charge is 2.23. The summed E-state index contributed by atoms with van der Waals surface area (Å²) in [4.78, 5) is 0. The van der Waals surface area contributed by atoms with Gasteiger partial charge in [-0.05, 0) is 31.6 Å². The number of nitrogens with zero attached hydrogens (tertiary/aromatic N) is 3. The Bertz CT molecular complexity index is 340. The van der Waals surface area contributed by atoms with Crippen molar-refractivity contribution in [2.24, 2.45) is 5.92 Å². The summed E-state index contributed by atoms with van der Waals surface area (Å²) in [6.45, 7) is 8.90. The average molecular weight is 221 g/mol. The smallest absolute Gasteiger partial charge is 0.0880 e. The van der Waals surface area contributed by atoms with Crippen molar-refractivity contribution in [2.75, 3.05) is 0 Å². The molecule has 0 amide bonds. The molecule has 0 radical (unpaired) electrons. The fraction of sp³-hybridized carbons (Fsp3) is 0.846. The number of hydrogen-bond acceptors (Lipinski definition) is 2. The van der Waals surface area contributed by atoms with Crippen LogP contribution in [-0.2, 0) is 5.41 Å². The lowest BCUT2D eigenvalue weighted by atomic mass is 9.87. The Balaban J connectivity index is 2.08. The Hall–Kier alpha value is -0.860. The van der Waals surface area contributed by atoms with Crippen molar-refractivity contribution in [3.05, 3.63) is 11.9 Å². The van der Waals surface area contributed by atoms with Gasteiger partial charge in [-0.25, -0.2) is 4.68 Å². The van der Waals surface area contributed by atoms with E-state index in [-0.39, 0.29) is 5.41 Å². The van der Waals surface area contributed by atoms with Crippen LogP contribution < -0.4 is 0 Å². The van der Waals surface area contributed by atoms with Gasteiger partial charge in [-0.1, -0.05) is 32.9 Å². The lowest BCUT2D eigenvalue weighted by molar-refractivity contribution is 0.270. The lowest BCUT2D eigenvalue weighted by Gasteiger charge is -2.25. The van der Waals surface area contributed by atoms with E-state index in [1.54, 1.807) is 0 Å². The van der Waals surface area contributed by atoms with Gasteiger partial charge in [0.05, 0.1) is 11.7 Å². The van der Waals surface area contributed by atoms with Crippen LogP contribution in [0.15, 0.2) is 6.20 Å². The van der Waals surface area contributed by atoms with Crippen LogP contribution in [0, 0.1) is 5.92 Å². The molecule has 1 heterocycles. The molecule has 1 aliphatic rings. The van der Waals surface area contributed by atoms with Gasteiger partial charge in [0, 0.05) is 11.6 Å². The number of hydrogen-bond donors (Lipinski definition) is 0. The third-order valence-corrected chi connectivity index (χ3v) is 3.64. The Kier molecular flexibility index (Phi) is 3.04. The summed E-state index contributed by atoms with van der Waals surface area (Å²) in [5.41, 5.74) is 1.21. The molecule has 0 bridgehead atoms. The van der Waals surface area contributed by atoms with Crippen LogP contribution in [0.2, 0.25) is 0 Å². The second kappa shape index (κ2) is 4.19. The van der Waals surface area contributed by atoms with E-state index in [1.165, 1.54) is 25.7 Å². The number of aromatic nitrogens is 3. The highest BCUT2D eigenvalue weighted by Crippen LogP contribution is 2.31. The molecule has 90 valence electrons. The standard InChI is InChI=1S/C13H23N3/c1-10-5-7-11(8-6-10)16-9-12(14-15-16)13(2,3)4/h9-11H,5-8H2,1-4H3. The molecule has 0 aliphatic heterocycles. The van der Waals surface area contributed by atoms with Crippen molar-refractivity contribution >= 4 is 0 Å². The second-order valence-electron chi connectivity index (χ2n) is 6.25. The zero-order valence-corrected chi connectivity index (χ0v) is 10.9. The van der Waals surface area contributed by atoms with E-state index < -0.39 is 0 Å². The van der Waals surface area contributed by atoms with Crippen molar-refractivity contribution in [3.63, 3.8) is 0 Å². The zero-order valence-electron chi connectivity index (χ0n) is 10.9. The van der Waals surface area contributed by atoms with Gasteiger partial charge in [0.2, 0.25) is 0 Å². The molecule has 0 N–H and O–H groups in total. The van der Waals surface area contributed by atoms with Crippen LogP contribution in [0.3, 0.4) is 0 Å². The SMILES string of the molecule is CC1CCC(n2cc(C(C)(C)C)nn2)CC1. The molecule has 1 fully saturated rings. The molecule has 3 heteroatoms. The quantitative estimate of drug-likeness (QED) is 0.728. The second-order valence-corrected chi connectivity index (χ2v) is 6.25. The van der Waals surface area contributed by atoms with E-state index in [9.17, 15) is 0 Å². The summed E-state index contributed by atoms with van der Waals surface area (Å²) < 4.78 is 2.09. The Morgan fingerprint density at radius 1 is 1.19 bits per heavy atom. The van der Waals surface area contributed by atoms with Crippen LogP contribution in [0.1, 0.15) is 65.1 Å². The van der Waals surface area contributed by atoms with Gasteiger partial charge in [-0.2, -0.15) is 0 Å². The van der Waals surface area contributed by atoms with Crippen molar-refractivity contribution < 1.29 is 0 Å². The normalized spacial score (nSPS) is 27.0. The van der Waals surface area contributed by atoms with E-state index in [0.717, 1.165) is 11.6 Å². The minimum absolute atomic E-state index is 0.111. The summed E-state index contributed by atoms with van der Waals surface area (Å²) >= 11 is 0. The molecule has 0 aromatic carbocycles. The fourth-order valence-corrected chi connectivity index (χ4v) is 2.31. The molecular weight excluding hydrogens is 198 g/mol. The molecule has 0 unspecified atom stereocenters. The molecule has 16 heavy (non-hydrogen) atoms. The van der Waals surface area contributed by atoms with Crippen LogP contribution >= 0.6 is 0 Å². The highest BCUT2D eigenvalue weighted by atomic mass is 15.4.